The van der Waals surface area contributed by atoms with Gasteiger partial charge >= 0.3 is 18.2 Å². The van der Waals surface area contributed by atoms with E-state index in [1.54, 1.807) is 46.4 Å². The SMILES string of the molecule is CC(C)(C)OC(=O)NC(=NCC1(c2nnc(C3CC[C@@H]4CN3C(=O)N4OCc3ccccc3)o2)CC1)NC(=O)OC(C)(C)C. The largest absolute Gasteiger partial charge is 0.444 e. The molecule has 2 saturated heterocycles. The van der Waals surface area contributed by atoms with Crippen molar-refractivity contribution in [1.82, 2.24) is 30.8 Å². The number of carbonyl (C=O) groups is 3. The highest BCUT2D eigenvalue weighted by Crippen LogP contribution is 2.48. The van der Waals surface area contributed by atoms with Crippen molar-refractivity contribution < 1.29 is 33.1 Å². The molecule has 1 saturated carbocycles. The molecular weight excluding hydrogens is 570 g/mol. The van der Waals surface area contributed by atoms with E-state index >= 15 is 0 Å². The molecule has 2 N–H and O–H groups in total. The number of ether oxygens (including phenoxy) is 2. The summed E-state index contributed by atoms with van der Waals surface area (Å²) in [6.45, 7) is 11.4. The van der Waals surface area contributed by atoms with Gasteiger partial charge in [0, 0.05) is 6.54 Å². The molecule has 3 heterocycles. The van der Waals surface area contributed by atoms with E-state index in [0.29, 0.717) is 31.4 Å². The number of benzene rings is 1. The minimum Gasteiger partial charge on any atom is -0.444 e. The molecule has 2 aromatic rings. The van der Waals surface area contributed by atoms with Crippen LogP contribution in [-0.2, 0) is 26.3 Å². The van der Waals surface area contributed by atoms with E-state index in [2.05, 4.69) is 25.8 Å². The molecule has 3 aliphatic rings. The van der Waals surface area contributed by atoms with Crippen LogP contribution in [0.3, 0.4) is 0 Å². The Labute approximate surface area is 256 Å². The first kappa shape index (κ1) is 31.2. The predicted molar refractivity (Wildman–Crippen MR) is 157 cm³/mol. The number of hydrogen-bond acceptors (Lipinski definition) is 10. The monoisotopic (exact) mass is 611 g/mol. The van der Waals surface area contributed by atoms with Crippen LogP contribution < -0.4 is 10.6 Å². The van der Waals surface area contributed by atoms with E-state index in [0.717, 1.165) is 24.8 Å². The minimum absolute atomic E-state index is 0.0395. The Morgan fingerprint density at radius 1 is 1.00 bits per heavy atom. The summed E-state index contributed by atoms with van der Waals surface area (Å²) in [5.41, 5.74) is -1.07. The van der Waals surface area contributed by atoms with Crippen molar-refractivity contribution >= 4 is 24.2 Å². The second-order valence-electron chi connectivity index (χ2n) is 13.4. The molecular formula is C30H41N7O7. The molecule has 238 valence electrons. The highest BCUT2D eigenvalue weighted by molar-refractivity contribution is 6.01. The lowest BCUT2D eigenvalue weighted by Gasteiger charge is -2.27. The molecule has 5 rings (SSSR count). The number of hydroxylamine groups is 2. The van der Waals surface area contributed by atoms with Crippen LogP contribution in [-0.4, -0.2) is 74.7 Å². The van der Waals surface area contributed by atoms with Gasteiger partial charge in [-0.15, -0.1) is 10.2 Å². The van der Waals surface area contributed by atoms with Gasteiger partial charge < -0.3 is 18.8 Å². The number of fused-ring (bicyclic) bond motifs is 2. The van der Waals surface area contributed by atoms with Gasteiger partial charge in [0.05, 0.1) is 18.0 Å². The number of aliphatic imine (C=N–C) groups is 1. The number of nitrogens with zero attached hydrogens (tertiary/aromatic N) is 5. The van der Waals surface area contributed by atoms with Gasteiger partial charge in [-0.05, 0) is 72.8 Å². The fourth-order valence-electron chi connectivity index (χ4n) is 5.09. The van der Waals surface area contributed by atoms with Crippen LogP contribution in [0.15, 0.2) is 39.7 Å². The van der Waals surface area contributed by atoms with Crippen molar-refractivity contribution in [1.29, 1.82) is 0 Å². The molecule has 44 heavy (non-hydrogen) atoms. The molecule has 0 spiro atoms. The van der Waals surface area contributed by atoms with Gasteiger partial charge in [-0.25, -0.2) is 14.4 Å². The summed E-state index contributed by atoms with van der Waals surface area (Å²) < 4.78 is 16.8. The first-order chi connectivity index (χ1) is 20.7. The summed E-state index contributed by atoms with van der Waals surface area (Å²) in [7, 11) is 0. The molecule has 2 aliphatic heterocycles. The summed E-state index contributed by atoms with van der Waals surface area (Å²) >= 11 is 0. The van der Waals surface area contributed by atoms with Crippen LogP contribution in [0.5, 0.6) is 0 Å². The van der Waals surface area contributed by atoms with Crippen molar-refractivity contribution in [2.45, 2.75) is 103 Å². The van der Waals surface area contributed by atoms with E-state index in [-0.39, 0.29) is 30.6 Å². The molecule has 14 nitrogen and oxygen atoms in total. The first-order valence-corrected chi connectivity index (χ1v) is 14.9. The van der Waals surface area contributed by atoms with E-state index in [9.17, 15) is 14.4 Å². The molecule has 4 amide bonds. The lowest BCUT2D eigenvalue weighted by Crippen LogP contribution is -2.47. The number of urea groups is 1. The molecule has 1 aromatic heterocycles. The van der Waals surface area contributed by atoms with Gasteiger partial charge in [0.15, 0.2) is 0 Å². The number of alkyl carbamates (subject to hydrolysis) is 2. The summed E-state index contributed by atoms with van der Waals surface area (Å²) in [5.74, 6) is 0.651. The maximum atomic E-state index is 13.3. The molecule has 14 heteroatoms. The smallest absolute Gasteiger partial charge is 0.414 e. The van der Waals surface area contributed by atoms with Gasteiger partial charge in [-0.2, -0.15) is 5.06 Å². The fraction of sp³-hybridized carbons (Fsp3) is 0.600. The number of guanidine groups is 1. The maximum absolute atomic E-state index is 13.3. The average Bonchev–Trinajstić information content (AvgIpc) is 3.48. The third-order valence-corrected chi connectivity index (χ3v) is 7.35. The van der Waals surface area contributed by atoms with E-state index in [1.807, 2.05) is 30.3 Å². The second-order valence-corrected chi connectivity index (χ2v) is 13.4. The van der Waals surface area contributed by atoms with E-state index in [1.165, 1.54) is 5.06 Å². The second kappa shape index (κ2) is 12.1. The topological polar surface area (TPSA) is 161 Å². The van der Waals surface area contributed by atoms with Gasteiger partial charge in [0.2, 0.25) is 17.7 Å². The zero-order chi connectivity index (χ0) is 31.7. The minimum atomic E-state index is -0.773. The standard InChI is InChI=1S/C30H41N7O7/c1-28(2,3)43-25(38)32-24(33-26(39)44-29(4,5)6)31-18-30(14-15-30)23-35-34-22(42-23)21-13-12-20-16-36(21)27(40)37(20)41-17-19-10-8-7-9-11-19/h7-11,20-21H,12-18H2,1-6H3,(H2,31,32,33,38,39)/t20-,21?/m1/s1. The van der Waals surface area contributed by atoms with Crippen LogP contribution in [0.25, 0.3) is 0 Å². The van der Waals surface area contributed by atoms with Crippen molar-refractivity contribution in [3.63, 3.8) is 0 Å². The van der Waals surface area contributed by atoms with Gasteiger partial charge in [-0.1, -0.05) is 30.3 Å². The van der Waals surface area contributed by atoms with E-state index < -0.39 is 28.8 Å². The third-order valence-electron chi connectivity index (χ3n) is 7.35. The zero-order valence-corrected chi connectivity index (χ0v) is 26.1. The Morgan fingerprint density at radius 2 is 1.64 bits per heavy atom. The summed E-state index contributed by atoms with van der Waals surface area (Å²) in [6.07, 6.45) is 1.31. The highest BCUT2D eigenvalue weighted by atomic mass is 16.7. The Morgan fingerprint density at radius 3 is 2.23 bits per heavy atom. The molecule has 3 fully saturated rings. The molecule has 0 radical (unpaired) electrons. The number of nitrogens with one attached hydrogen (secondary N) is 2. The van der Waals surface area contributed by atoms with Crippen molar-refractivity contribution in [3.05, 3.63) is 47.7 Å². The van der Waals surface area contributed by atoms with Crippen LogP contribution in [0.1, 0.15) is 90.6 Å². The van der Waals surface area contributed by atoms with Gasteiger partial charge in [0.25, 0.3) is 0 Å². The van der Waals surface area contributed by atoms with Gasteiger partial charge in [0.1, 0.15) is 23.9 Å². The number of hydrogen-bond donors (Lipinski definition) is 2. The first-order valence-electron chi connectivity index (χ1n) is 14.9. The fourth-order valence-corrected chi connectivity index (χ4v) is 5.09. The molecule has 2 atom stereocenters. The van der Waals surface area contributed by atoms with Crippen LogP contribution >= 0.6 is 0 Å². The average molecular weight is 612 g/mol. The normalized spacial score (nSPS) is 20.6. The molecule has 1 aromatic carbocycles. The van der Waals surface area contributed by atoms with Crippen LogP contribution in [0, 0.1) is 0 Å². The Kier molecular flexibility index (Phi) is 8.56. The Balaban J connectivity index is 1.25. The van der Waals surface area contributed by atoms with Gasteiger partial charge in [-0.3, -0.25) is 20.5 Å². The van der Waals surface area contributed by atoms with Crippen molar-refractivity contribution in [2.75, 3.05) is 13.1 Å². The van der Waals surface area contributed by atoms with E-state index in [4.69, 9.17) is 18.7 Å². The summed E-state index contributed by atoms with van der Waals surface area (Å²) in [6, 6.07) is 9.10. The molecule has 1 aliphatic carbocycles. The number of piperidine rings is 1. The summed E-state index contributed by atoms with van der Waals surface area (Å²) in [4.78, 5) is 50.3. The number of aromatic nitrogens is 2. The maximum Gasteiger partial charge on any atom is 0.414 e. The number of carbonyl (C=O) groups excluding carboxylic acids is 3. The van der Waals surface area contributed by atoms with Crippen molar-refractivity contribution in [3.8, 4) is 0 Å². The highest BCUT2D eigenvalue weighted by Gasteiger charge is 2.51. The lowest BCUT2D eigenvalue weighted by atomic mass is 10.0. The lowest BCUT2D eigenvalue weighted by molar-refractivity contribution is -0.140. The number of amides is 4. The summed E-state index contributed by atoms with van der Waals surface area (Å²) in [5, 5.41) is 15.1. The molecule has 2 bridgehead atoms. The van der Waals surface area contributed by atoms with Crippen LogP contribution in [0.2, 0.25) is 0 Å². The predicted octanol–water partition coefficient (Wildman–Crippen LogP) is 4.58. The Hall–Kier alpha value is -4.20. The quantitative estimate of drug-likeness (QED) is 0.337. The Bertz CT molecular complexity index is 1360. The van der Waals surface area contributed by atoms with Crippen molar-refractivity contribution in [2.24, 2.45) is 4.99 Å². The molecule has 1 unspecified atom stereocenters. The van der Waals surface area contributed by atoms with Crippen LogP contribution in [0.4, 0.5) is 14.4 Å². The number of rotatable bonds is 7. The third kappa shape index (κ3) is 7.65. The zero-order valence-electron chi connectivity index (χ0n) is 26.1.